The van der Waals surface area contributed by atoms with Crippen molar-refractivity contribution in [2.24, 2.45) is 0 Å². The lowest BCUT2D eigenvalue weighted by molar-refractivity contribution is 0.0386. The van der Waals surface area contributed by atoms with Gasteiger partial charge in [0.15, 0.2) is 6.23 Å². The van der Waals surface area contributed by atoms with Gasteiger partial charge in [-0.25, -0.2) is 4.98 Å². The van der Waals surface area contributed by atoms with Gasteiger partial charge in [-0.05, 0) is 62.6 Å². The molecule has 152 valence electrons. The first-order chi connectivity index (χ1) is 13.6. The SMILES string of the molecule is C=C(C)C(F)(F)c1cc(NC(O)c2ccc(C)c(C)c2)cc(-n2cnc(C)c2)c1. The van der Waals surface area contributed by atoms with Gasteiger partial charge in [-0.3, -0.25) is 0 Å². The first-order valence-electron chi connectivity index (χ1n) is 9.30. The maximum Gasteiger partial charge on any atom is 0.294 e. The van der Waals surface area contributed by atoms with Crippen LogP contribution in [0.3, 0.4) is 0 Å². The Kier molecular flexibility index (Phi) is 5.57. The molecule has 2 aromatic carbocycles. The zero-order valence-corrected chi connectivity index (χ0v) is 17.0. The lowest BCUT2D eigenvalue weighted by Crippen LogP contribution is -2.16. The molecule has 6 heteroatoms. The van der Waals surface area contributed by atoms with Crippen LogP contribution in [-0.2, 0) is 5.92 Å². The summed E-state index contributed by atoms with van der Waals surface area (Å²) < 4.78 is 31.1. The summed E-state index contributed by atoms with van der Waals surface area (Å²) in [6.45, 7) is 10.5. The summed E-state index contributed by atoms with van der Waals surface area (Å²) in [5.41, 5.74) is 4.01. The summed E-state index contributed by atoms with van der Waals surface area (Å²) in [6, 6.07) is 10.0. The molecule has 0 saturated carbocycles. The van der Waals surface area contributed by atoms with E-state index in [1.807, 2.05) is 39.0 Å². The Morgan fingerprint density at radius 2 is 1.86 bits per heavy atom. The quantitative estimate of drug-likeness (QED) is 0.422. The van der Waals surface area contributed by atoms with E-state index < -0.39 is 12.2 Å². The molecule has 0 spiro atoms. The predicted octanol–water partition coefficient (Wildman–Crippen LogP) is 5.57. The normalized spacial score (nSPS) is 12.7. The topological polar surface area (TPSA) is 50.1 Å². The molecular weight excluding hydrogens is 372 g/mol. The fourth-order valence-electron chi connectivity index (χ4n) is 3.01. The zero-order valence-electron chi connectivity index (χ0n) is 17.0. The lowest BCUT2D eigenvalue weighted by atomic mass is 10.0. The average molecular weight is 397 g/mol. The number of nitrogens with one attached hydrogen (secondary N) is 1. The predicted molar refractivity (Wildman–Crippen MR) is 112 cm³/mol. The van der Waals surface area contributed by atoms with Crippen LogP contribution in [0.4, 0.5) is 14.5 Å². The molecule has 0 fully saturated rings. The summed E-state index contributed by atoms with van der Waals surface area (Å²) in [5.74, 6) is -3.20. The van der Waals surface area contributed by atoms with Crippen molar-refractivity contribution in [3.05, 3.63) is 89.0 Å². The van der Waals surface area contributed by atoms with Crippen LogP contribution in [0.25, 0.3) is 5.69 Å². The molecular formula is C23H25F2N3O. The summed E-state index contributed by atoms with van der Waals surface area (Å²) in [6.07, 6.45) is 2.28. The first kappa shape index (κ1) is 20.7. The molecule has 0 amide bonds. The zero-order chi connectivity index (χ0) is 21.3. The third-order valence-electron chi connectivity index (χ3n) is 4.98. The number of halogens is 2. The molecule has 1 aromatic heterocycles. The number of nitrogens with zero attached hydrogens (tertiary/aromatic N) is 2. The highest BCUT2D eigenvalue weighted by Gasteiger charge is 2.33. The van der Waals surface area contributed by atoms with Gasteiger partial charge in [-0.1, -0.05) is 24.8 Å². The average Bonchev–Trinajstić information content (AvgIpc) is 3.10. The number of aliphatic hydroxyl groups excluding tert-OH is 1. The molecule has 0 bridgehead atoms. The highest BCUT2D eigenvalue weighted by molar-refractivity contribution is 5.57. The van der Waals surface area contributed by atoms with E-state index in [0.717, 1.165) is 16.8 Å². The number of rotatable bonds is 6. The number of hydrogen-bond donors (Lipinski definition) is 2. The first-order valence-corrected chi connectivity index (χ1v) is 9.30. The summed E-state index contributed by atoms with van der Waals surface area (Å²) in [7, 11) is 0. The number of anilines is 1. The van der Waals surface area contributed by atoms with Gasteiger partial charge in [-0.2, -0.15) is 8.78 Å². The number of aliphatic hydroxyl groups is 1. The van der Waals surface area contributed by atoms with E-state index in [4.69, 9.17) is 0 Å². The molecule has 0 radical (unpaired) electrons. The van der Waals surface area contributed by atoms with Gasteiger partial charge < -0.3 is 15.0 Å². The van der Waals surface area contributed by atoms with E-state index in [2.05, 4.69) is 16.9 Å². The Hall–Kier alpha value is -2.99. The molecule has 0 aliphatic rings. The number of aryl methyl sites for hydroxylation is 3. The van der Waals surface area contributed by atoms with Crippen LogP contribution >= 0.6 is 0 Å². The van der Waals surface area contributed by atoms with Crippen LogP contribution in [0.2, 0.25) is 0 Å². The van der Waals surface area contributed by atoms with Gasteiger partial charge in [0.2, 0.25) is 0 Å². The van der Waals surface area contributed by atoms with Crippen LogP contribution < -0.4 is 5.32 Å². The van der Waals surface area contributed by atoms with Gasteiger partial charge in [0, 0.05) is 28.7 Å². The highest BCUT2D eigenvalue weighted by Crippen LogP contribution is 2.37. The van der Waals surface area contributed by atoms with Gasteiger partial charge in [-0.15, -0.1) is 0 Å². The minimum Gasteiger partial charge on any atom is -0.369 e. The van der Waals surface area contributed by atoms with Crippen molar-refractivity contribution in [1.82, 2.24) is 9.55 Å². The number of alkyl halides is 2. The number of hydrogen-bond acceptors (Lipinski definition) is 3. The van der Waals surface area contributed by atoms with E-state index in [-0.39, 0.29) is 11.1 Å². The number of aromatic nitrogens is 2. The molecule has 2 N–H and O–H groups in total. The Balaban J connectivity index is 2.02. The minimum absolute atomic E-state index is 0.205. The second kappa shape index (κ2) is 7.79. The Bertz CT molecular complexity index is 1060. The molecule has 29 heavy (non-hydrogen) atoms. The molecule has 3 aromatic rings. The molecule has 1 heterocycles. The van der Waals surface area contributed by atoms with Crippen LogP contribution in [0.5, 0.6) is 0 Å². The second-order valence-corrected chi connectivity index (χ2v) is 7.44. The number of imidazole rings is 1. The number of allylic oxidation sites excluding steroid dienone is 1. The van der Waals surface area contributed by atoms with Crippen LogP contribution in [0.1, 0.15) is 41.1 Å². The standard InChI is InChI=1S/C23H25F2N3O/c1-14(2)23(24,25)19-9-20(11-21(10-19)28-12-17(5)26-13-28)27-22(29)18-7-6-15(3)16(4)8-18/h6-13,22,27,29H,1H2,2-5H3. The fourth-order valence-corrected chi connectivity index (χ4v) is 3.01. The maximum atomic E-state index is 14.7. The van der Waals surface area contributed by atoms with Gasteiger partial charge in [0.1, 0.15) is 0 Å². The van der Waals surface area contributed by atoms with Crippen molar-refractivity contribution in [3.63, 3.8) is 0 Å². The van der Waals surface area contributed by atoms with Gasteiger partial charge >= 0.3 is 0 Å². The van der Waals surface area contributed by atoms with E-state index in [1.165, 1.54) is 19.1 Å². The van der Waals surface area contributed by atoms with E-state index in [1.54, 1.807) is 23.2 Å². The summed E-state index contributed by atoms with van der Waals surface area (Å²) >= 11 is 0. The smallest absolute Gasteiger partial charge is 0.294 e. The van der Waals surface area contributed by atoms with Crippen LogP contribution in [0, 0.1) is 20.8 Å². The largest absolute Gasteiger partial charge is 0.369 e. The van der Waals surface area contributed by atoms with E-state index in [0.29, 0.717) is 16.9 Å². The molecule has 0 aliphatic carbocycles. The van der Waals surface area contributed by atoms with Crippen LogP contribution in [0.15, 0.2) is 61.1 Å². The highest BCUT2D eigenvalue weighted by atomic mass is 19.3. The van der Waals surface area contributed by atoms with Crippen molar-refractivity contribution in [3.8, 4) is 5.69 Å². The van der Waals surface area contributed by atoms with E-state index in [9.17, 15) is 13.9 Å². The van der Waals surface area contributed by atoms with Crippen molar-refractivity contribution in [1.29, 1.82) is 0 Å². The van der Waals surface area contributed by atoms with Crippen molar-refractivity contribution in [2.45, 2.75) is 39.8 Å². The molecule has 0 aliphatic heterocycles. The van der Waals surface area contributed by atoms with Crippen LogP contribution in [-0.4, -0.2) is 14.7 Å². The summed E-state index contributed by atoms with van der Waals surface area (Å²) in [5, 5.41) is 13.6. The Morgan fingerprint density at radius 3 is 2.45 bits per heavy atom. The minimum atomic E-state index is -3.20. The molecule has 4 nitrogen and oxygen atoms in total. The van der Waals surface area contributed by atoms with Gasteiger partial charge in [0.05, 0.1) is 12.0 Å². The van der Waals surface area contributed by atoms with Crippen molar-refractivity contribution >= 4 is 5.69 Å². The second-order valence-electron chi connectivity index (χ2n) is 7.44. The Morgan fingerprint density at radius 1 is 1.14 bits per heavy atom. The third kappa shape index (κ3) is 4.38. The molecule has 1 atom stereocenters. The third-order valence-corrected chi connectivity index (χ3v) is 4.98. The van der Waals surface area contributed by atoms with Crippen molar-refractivity contribution < 1.29 is 13.9 Å². The Labute approximate surface area is 169 Å². The van der Waals surface area contributed by atoms with E-state index >= 15 is 0 Å². The molecule has 0 saturated heterocycles. The lowest BCUT2D eigenvalue weighted by Gasteiger charge is -2.21. The van der Waals surface area contributed by atoms with Gasteiger partial charge in [0.25, 0.3) is 5.92 Å². The summed E-state index contributed by atoms with van der Waals surface area (Å²) in [4.78, 5) is 4.16. The maximum absolute atomic E-state index is 14.7. The monoisotopic (exact) mass is 397 g/mol. The molecule has 3 rings (SSSR count). The number of benzene rings is 2. The molecule has 1 unspecified atom stereocenters. The van der Waals surface area contributed by atoms with Crippen molar-refractivity contribution in [2.75, 3.05) is 5.32 Å². The fraction of sp³-hybridized carbons (Fsp3) is 0.261.